The van der Waals surface area contributed by atoms with E-state index in [0.717, 1.165) is 55.0 Å². The zero-order valence-corrected chi connectivity index (χ0v) is 16.8. The van der Waals surface area contributed by atoms with Gasteiger partial charge >= 0.3 is 0 Å². The lowest BCUT2D eigenvalue weighted by Crippen LogP contribution is -2.46. The van der Waals surface area contributed by atoms with Crippen LogP contribution in [0.15, 0.2) is 66.7 Å². The van der Waals surface area contributed by atoms with Crippen molar-refractivity contribution in [2.24, 2.45) is 0 Å². The average Bonchev–Trinajstić information content (AvgIpc) is 2.73. The first-order valence-corrected chi connectivity index (χ1v) is 10.0. The van der Waals surface area contributed by atoms with Crippen LogP contribution in [-0.2, 0) is 0 Å². The number of benzene rings is 3. The van der Waals surface area contributed by atoms with E-state index < -0.39 is 0 Å². The van der Waals surface area contributed by atoms with Crippen molar-refractivity contribution >= 4 is 40.9 Å². The molecular weight excluding hydrogens is 391 g/mol. The van der Waals surface area contributed by atoms with Crippen molar-refractivity contribution in [3.63, 3.8) is 0 Å². The van der Waals surface area contributed by atoms with Crippen LogP contribution in [0.25, 0.3) is 11.1 Å². The van der Waals surface area contributed by atoms with Crippen molar-refractivity contribution in [2.45, 2.75) is 0 Å². The van der Waals surface area contributed by atoms with Gasteiger partial charge in [0, 0.05) is 58.7 Å². The van der Waals surface area contributed by atoms with E-state index >= 15 is 0 Å². The highest BCUT2D eigenvalue weighted by atomic mass is 35.5. The van der Waals surface area contributed by atoms with Crippen LogP contribution in [0.3, 0.4) is 0 Å². The number of rotatable bonds is 4. The number of carbonyl (C=O) groups excluding carboxylic acids is 1. The monoisotopic (exact) mass is 410 g/mol. The molecule has 1 heterocycles. The van der Waals surface area contributed by atoms with E-state index in [1.54, 1.807) is 6.07 Å². The lowest BCUT2D eigenvalue weighted by atomic mass is 9.97. The average molecular weight is 411 g/mol. The molecule has 1 fully saturated rings. The van der Waals surface area contributed by atoms with Crippen LogP contribution in [0.1, 0.15) is 10.4 Å². The van der Waals surface area contributed by atoms with E-state index in [1.807, 2.05) is 42.5 Å². The van der Waals surface area contributed by atoms with E-state index in [1.165, 1.54) is 0 Å². The van der Waals surface area contributed by atoms with Crippen LogP contribution in [0, 0.1) is 0 Å². The molecule has 0 N–H and O–H groups in total. The predicted molar refractivity (Wildman–Crippen MR) is 118 cm³/mol. The highest BCUT2D eigenvalue weighted by Crippen LogP contribution is 2.35. The lowest BCUT2D eigenvalue weighted by molar-refractivity contribution is 0.112. The second kappa shape index (κ2) is 8.26. The molecule has 5 heteroatoms. The Labute approximate surface area is 175 Å². The molecule has 0 unspecified atom stereocenters. The Morgan fingerprint density at radius 1 is 0.750 bits per heavy atom. The Bertz CT molecular complexity index is 963. The van der Waals surface area contributed by atoms with Gasteiger partial charge in [-0.15, -0.1) is 0 Å². The maximum atomic E-state index is 11.7. The zero-order chi connectivity index (χ0) is 19.5. The van der Waals surface area contributed by atoms with Crippen LogP contribution in [0.5, 0.6) is 0 Å². The number of nitrogens with zero attached hydrogens (tertiary/aromatic N) is 2. The third-order valence-corrected chi connectivity index (χ3v) is 5.53. The first-order valence-electron chi connectivity index (χ1n) is 9.25. The maximum Gasteiger partial charge on any atom is 0.150 e. The molecule has 0 aliphatic carbocycles. The van der Waals surface area contributed by atoms with Crippen molar-refractivity contribution in [3.8, 4) is 11.1 Å². The number of piperazine rings is 1. The summed E-state index contributed by atoms with van der Waals surface area (Å²) in [6.45, 7) is 3.42. The second-order valence-electron chi connectivity index (χ2n) is 6.83. The number of hydrogen-bond donors (Lipinski definition) is 0. The van der Waals surface area contributed by atoms with Crippen LogP contribution in [-0.4, -0.2) is 32.5 Å². The molecule has 4 rings (SSSR count). The minimum atomic E-state index is 0.648. The van der Waals surface area contributed by atoms with Gasteiger partial charge < -0.3 is 9.80 Å². The summed E-state index contributed by atoms with van der Waals surface area (Å²) in [5.74, 6) is 0. The molecule has 3 nitrogen and oxygen atoms in total. The van der Waals surface area contributed by atoms with Gasteiger partial charge in [0.1, 0.15) is 0 Å². The molecule has 1 saturated heterocycles. The summed E-state index contributed by atoms with van der Waals surface area (Å²) < 4.78 is 0. The fourth-order valence-electron chi connectivity index (χ4n) is 3.77. The number of hydrogen-bond acceptors (Lipinski definition) is 3. The van der Waals surface area contributed by atoms with Crippen molar-refractivity contribution in [1.29, 1.82) is 0 Å². The largest absolute Gasteiger partial charge is 0.368 e. The summed E-state index contributed by atoms with van der Waals surface area (Å²) in [5.41, 5.74) is 4.91. The van der Waals surface area contributed by atoms with Gasteiger partial charge in [-0.05, 0) is 29.8 Å². The smallest absolute Gasteiger partial charge is 0.150 e. The Balaban J connectivity index is 1.61. The van der Waals surface area contributed by atoms with Gasteiger partial charge in [0.2, 0.25) is 0 Å². The number of anilines is 2. The van der Waals surface area contributed by atoms with Gasteiger partial charge in [-0.2, -0.15) is 0 Å². The SMILES string of the molecule is O=Cc1cccc(N2CCN(c3cc(Cl)cc(Cl)c3)CC2)c1-c1ccccc1. The molecule has 142 valence electrons. The minimum absolute atomic E-state index is 0.648. The summed E-state index contributed by atoms with van der Waals surface area (Å²) in [7, 11) is 0. The molecule has 1 aliphatic rings. The molecule has 0 spiro atoms. The second-order valence-corrected chi connectivity index (χ2v) is 7.70. The quantitative estimate of drug-likeness (QED) is 0.507. The Hall–Kier alpha value is -2.49. The summed E-state index contributed by atoms with van der Waals surface area (Å²) in [6.07, 6.45) is 0.941. The van der Waals surface area contributed by atoms with Crippen LogP contribution in [0.2, 0.25) is 10.0 Å². The van der Waals surface area contributed by atoms with E-state index in [-0.39, 0.29) is 0 Å². The van der Waals surface area contributed by atoms with E-state index in [4.69, 9.17) is 23.2 Å². The van der Waals surface area contributed by atoms with Crippen molar-refractivity contribution < 1.29 is 4.79 Å². The van der Waals surface area contributed by atoms with Gasteiger partial charge in [-0.25, -0.2) is 0 Å². The third-order valence-electron chi connectivity index (χ3n) is 5.10. The fourth-order valence-corrected chi connectivity index (χ4v) is 4.28. The van der Waals surface area contributed by atoms with Crippen molar-refractivity contribution in [1.82, 2.24) is 0 Å². The van der Waals surface area contributed by atoms with Gasteiger partial charge in [0.25, 0.3) is 0 Å². The summed E-state index contributed by atoms with van der Waals surface area (Å²) in [4.78, 5) is 16.3. The number of carbonyl (C=O) groups is 1. The number of halogens is 2. The summed E-state index contributed by atoms with van der Waals surface area (Å²) in [5, 5.41) is 1.30. The molecule has 0 aromatic heterocycles. The Morgan fingerprint density at radius 2 is 1.39 bits per heavy atom. The molecule has 0 amide bonds. The van der Waals surface area contributed by atoms with Crippen LogP contribution in [0.4, 0.5) is 11.4 Å². The minimum Gasteiger partial charge on any atom is -0.368 e. The normalized spacial score (nSPS) is 14.2. The van der Waals surface area contributed by atoms with Crippen molar-refractivity contribution in [3.05, 3.63) is 82.3 Å². The van der Waals surface area contributed by atoms with Crippen LogP contribution >= 0.6 is 23.2 Å². The van der Waals surface area contributed by atoms with E-state index in [9.17, 15) is 4.79 Å². The summed E-state index contributed by atoms with van der Waals surface area (Å²) >= 11 is 12.3. The van der Waals surface area contributed by atoms with Gasteiger partial charge in [-0.3, -0.25) is 4.79 Å². The zero-order valence-electron chi connectivity index (χ0n) is 15.3. The van der Waals surface area contributed by atoms with E-state index in [0.29, 0.717) is 15.6 Å². The first-order chi connectivity index (χ1) is 13.7. The van der Waals surface area contributed by atoms with E-state index in [2.05, 4.69) is 28.0 Å². The van der Waals surface area contributed by atoms with Gasteiger partial charge in [0.15, 0.2) is 6.29 Å². The van der Waals surface area contributed by atoms with Crippen LogP contribution < -0.4 is 9.80 Å². The summed E-state index contributed by atoms with van der Waals surface area (Å²) in [6, 6.07) is 21.7. The molecule has 0 atom stereocenters. The molecular formula is C23H20Cl2N2O. The number of aldehydes is 1. The lowest BCUT2D eigenvalue weighted by Gasteiger charge is -2.38. The Morgan fingerprint density at radius 3 is 2.04 bits per heavy atom. The molecule has 0 saturated carbocycles. The molecule has 3 aromatic carbocycles. The highest BCUT2D eigenvalue weighted by molar-refractivity contribution is 6.35. The van der Waals surface area contributed by atoms with Crippen molar-refractivity contribution in [2.75, 3.05) is 36.0 Å². The predicted octanol–water partition coefficient (Wildman–Crippen LogP) is 5.80. The fraction of sp³-hybridized carbons (Fsp3) is 0.174. The molecule has 1 aliphatic heterocycles. The standard InChI is InChI=1S/C23H20Cl2N2O/c24-19-13-20(25)15-21(14-19)26-9-11-27(12-10-26)22-8-4-7-18(16-28)23(22)17-5-2-1-3-6-17/h1-8,13-16H,9-12H2. The topological polar surface area (TPSA) is 23.6 Å². The third kappa shape index (κ3) is 3.87. The van der Waals surface area contributed by atoms with Gasteiger partial charge in [0.05, 0.1) is 0 Å². The molecule has 28 heavy (non-hydrogen) atoms. The Kier molecular flexibility index (Phi) is 5.56. The highest BCUT2D eigenvalue weighted by Gasteiger charge is 2.21. The molecule has 0 radical (unpaired) electrons. The maximum absolute atomic E-state index is 11.7. The van der Waals surface area contributed by atoms with Gasteiger partial charge in [-0.1, -0.05) is 65.7 Å². The first kappa shape index (κ1) is 18.9. The molecule has 3 aromatic rings. The molecule has 0 bridgehead atoms.